The Morgan fingerprint density at radius 3 is 2.55 bits per heavy atom. The van der Waals surface area contributed by atoms with Crippen molar-refractivity contribution < 1.29 is 19.1 Å². The summed E-state index contributed by atoms with van der Waals surface area (Å²) in [6.07, 6.45) is 0. The second kappa shape index (κ2) is 10.7. The Hall–Kier alpha value is -2.77. The zero-order valence-electron chi connectivity index (χ0n) is 17.0. The fourth-order valence-corrected chi connectivity index (χ4v) is 2.92. The molecule has 0 bridgehead atoms. The van der Waals surface area contributed by atoms with E-state index in [2.05, 4.69) is 10.6 Å². The minimum atomic E-state index is -0.316. The van der Waals surface area contributed by atoms with E-state index in [1.165, 1.54) is 0 Å². The number of benzene rings is 2. The third-order valence-electron chi connectivity index (χ3n) is 4.34. The molecule has 7 nitrogen and oxygen atoms in total. The van der Waals surface area contributed by atoms with Gasteiger partial charge in [-0.3, -0.25) is 14.5 Å². The quantitative estimate of drug-likeness (QED) is 0.653. The molecule has 0 aliphatic carbocycles. The van der Waals surface area contributed by atoms with E-state index in [0.29, 0.717) is 28.8 Å². The number of ether oxygens (including phenoxy) is 2. The molecule has 0 spiro atoms. The van der Waals surface area contributed by atoms with E-state index >= 15 is 0 Å². The molecule has 2 aromatic carbocycles. The molecule has 0 saturated heterocycles. The van der Waals surface area contributed by atoms with E-state index in [4.69, 9.17) is 21.1 Å². The molecule has 2 rings (SSSR count). The van der Waals surface area contributed by atoms with Crippen molar-refractivity contribution in [1.82, 2.24) is 10.2 Å². The fraction of sp³-hybridized carbons (Fsp3) is 0.333. The Bertz CT molecular complexity index is 873. The van der Waals surface area contributed by atoms with Gasteiger partial charge in [0.25, 0.3) is 0 Å². The first-order valence-corrected chi connectivity index (χ1v) is 9.43. The number of hydrogen-bond donors (Lipinski definition) is 2. The molecule has 0 unspecified atom stereocenters. The van der Waals surface area contributed by atoms with Crippen LogP contribution in [0, 0.1) is 6.92 Å². The first-order valence-electron chi connectivity index (χ1n) is 9.05. The molecule has 0 aromatic heterocycles. The number of nitrogens with zero attached hydrogens (tertiary/aromatic N) is 1. The standard InChI is InChI=1S/C21H26ClN3O4/c1-14-17(22)6-5-7-18(14)24-20(26)11-23-21(27)13-25(2)12-15-8-9-16(28-3)10-19(15)29-4/h5-10H,11-13H2,1-4H3,(H,23,27)(H,24,26). The Morgan fingerprint density at radius 2 is 1.86 bits per heavy atom. The summed E-state index contributed by atoms with van der Waals surface area (Å²) in [6, 6.07) is 10.8. The molecule has 156 valence electrons. The summed E-state index contributed by atoms with van der Waals surface area (Å²) in [7, 11) is 5.00. The molecular weight excluding hydrogens is 394 g/mol. The molecule has 0 fully saturated rings. The number of hydrogen-bond acceptors (Lipinski definition) is 5. The Kier molecular flexibility index (Phi) is 8.30. The molecule has 0 radical (unpaired) electrons. The third-order valence-corrected chi connectivity index (χ3v) is 4.75. The largest absolute Gasteiger partial charge is 0.497 e. The van der Waals surface area contributed by atoms with E-state index in [1.54, 1.807) is 38.5 Å². The van der Waals surface area contributed by atoms with Crippen LogP contribution in [-0.2, 0) is 16.1 Å². The summed E-state index contributed by atoms with van der Waals surface area (Å²) in [5, 5.41) is 5.94. The number of carbonyl (C=O) groups excluding carboxylic acids is 2. The number of halogens is 1. The maximum absolute atomic E-state index is 12.2. The zero-order chi connectivity index (χ0) is 21.4. The van der Waals surface area contributed by atoms with Gasteiger partial charge >= 0.3 is 0 Å². The molecule has 2 aromatic rings. The lowest BCUT2D eigenvalue weighted by molar-refractivity contribution is -0.124. The van der Waals surface area contributed by atoms with Crippen LogP contribution in [0.1, 0.15) is 11.1 Å². The molecule has 0 aliphatic heterocycles. The molecule has 0 aliphatic rings. The minimum absolute atomic E-state index is 0.121. The summed E-state index contributed by atoms with van der Waals surface area (Å²) in [6.45, 7) is 2.34. The number of amides is 2. The van der Waals surface area contributed by atoms with Crippen LogP contribution < -0.4 is 20.1 Å². The molecule has 8 heteroatoms. The molecule has 2 N–H and O–H groups in total. The van der Waals surface area contributed by atoms with Crippen molar-refractivity contribution in [2.75, 3.05) is 39.7 Å². The van der Waals surface area contributed by atoms with E-state index in [-0.39, 0.29) is 24.9 Å². The molecule has 0 atom stereocenters. The van der Waals surface area contributed by atoms with Gasteiger partial charge in [-0.05, 0) is 37.7 Å². The normalized spacial score (nSPS) is 10.6. The summed E-state index contributed by atoms with van der Waals surface area (Å²) in [5.74, 6) is 0.820. The molecule has 29 heavy (non-hydrogen) atoms. The van der Waals surface area contributed by atoms with Gasteiger partial charge < -0.3 is 20.1 Å². The summed E-state index contributed by atoms with van der Waals surface area (Å²) < 4.78 is 10.6. The van der Waals surface area contributed by atoms with Crippen LogP contribution in [-0.4, -0.2) is 51.1 Å². The molecule has 2 amide bonds. The van der Waals surface area contributed by atoms with Crippen molar-refractivity contribution in [2.24, 2.45) is 0 Å². The lowest BCUT2D eigenvalue weighted by Gasteiger charge is -2.18. The number of nitrogens with one attached hydrogen (secondary N) is 2. The van der Waals surface area contributed by atoms with E-state index in [0.717, 1.165) is 11.1 Å². The van der Waals surface area contributed by atoms with E-state index in [9.17, 15) is 9.59 Å². The van der Waals surface area contributed by atoms with Crippen LogP contribution in [0.25, 0.3) is 0 Å². The number of anilines is 1. The smallest absolute Gasteiger partial charge is 0.243 e. The molecule has 0 saturated carbocycles. The van der Waals surface area contributed by atoms with Crippen LogP contribution in [0.15, 0.2) is 36.4 Å². The van der Waals surface area contributed by atoms with Gasteiger partial charge in [0.1, 0.15) is 11.5 Å². The van der Waals surface area contributed by atoms with E-state index in [1.807, 2.05) is 31.0 Å². The van der Waals surface area contributed by atoms with Crippen LogP contribution in [0.4, 0.5) is 5.69 Å². The maximum atomic E-state index is 12.2. The topological polar surface area (TPSA) is 79.9 Å². The van der Waals surface area contributed by atoms with Crippen LogP contribution in [0.2, 0.25) is 5.02 Å². The van der Waals surface area contributed by atoms with Crippen molar-refractivity contribution in [2.45, 2.75) is 13.5 Å². The van der Waals surface area contributed by atoms with E-state index < -0.39 is 0 Å². The summed E-state index contributed by atoms with van der Waals surface area (Å²) in [5.41, 5.74) is 2.33. The Morgan fingerprint density at radius 1 is 1.10 bits per heavy atom. The van der Waals surface area contributed by atoms with Crippen molar-refractivity contribution in [3.05, 3.63) is 52.5 Å². The Labute approximate surface area is 175 Å². The van der Waals surface area contributed by atoms with Crippen molar-refractivity contribution >= 4 is 29.1 Å². The van der Waals surface area contributed by atoms with Gasteiger partial charge in [-0.1, -0.05) is 23.7 Å². The number of likely N-dealkylation sites (N-methyl/N-ethyl adjacent to an activating group) is 1. The third kappa shape index (κ3) is 6.66. The highest BCUT2D eigenvalue weighted by Crippen LogP contribution is 2.25. The van der Waals surface area contributed by atoms with Gasteiger partial charge in [-0.2, -0.15) is 0 Å². The van der Waals surface area contributed by atoms with Gasteiger partial charge in [0.15, 0.2) is 0 Å². The number of rotatable bonds is 9. The second-order valence-electron chi connectivity index (χ2n) is 6.59. The van der Waals surface area contributed by atoms with Gasteiger partial charge in [0, 0.05) is 28.9 Å². The van der Waals surface area contributed by atoms with Gasteiger partial charge in [0.2, 0.25) is 11.8 Å². The number of methoxy groups -OCH3 is 2. The lowest BCUT2D eigenvalue weighted by Crippen LogP contribution is -2.39. The predicted molar refractivity (Wildman–Crippen MR) is 114 cm³/mol. The second-order valence-corrected chi connectivity index (χ2v) is 6.99. The lowest BCUT2D eigenvalue weighted by atomic mass is 10.2. The van der Waals surface area contributed by atoms with Crippen molar-refractivity contribution in [3.63, 3.8) is 0 Å². The minimum Gasteiger partial charge on any atom is -0.497 e. The van der Waals surface area contributed by atoms with Crippen LogP contribution in [0.3, 0.4) is 0 Å². The Balaban J connectivity index is 1.83. The molecule has 0 heterocycles. The van der Waals surface area contributed by atoms with Crippen molar-refractivity contribution in [1.29, 1.82) is 0 Å². The van der Waals surface area contributed by atoms with Crippen molar-refractivity contribution in [3.8, 4) is 11.5 Å². The SMILES string of the molecule is COc1ccc(CN(C)CC(=O)NCC(=O)Nc2cccc(Cl)c2C)c(OC)c1. The van der Waals surface area contributed by atoms with Crippen LogP contribution >= 0.6 is 11.6 Å². The van der Waals surface area contributed by atoms with Crippen LogP contribution in [0.5, 0.6) is 11.5 Å². The average Bonchev–Trinajstić information content (AvgIpc) is 2.70. The highest BCUT2D eigenvalue weighted by molar-refractivity contribution is 6.31. The highest BCUT2D eigenvalue weighted by Gasteiger charge is 2.13. The maximum Gasteiger partial charge on any atom is 0.243 e. The first kappa shape index (κ1) is 22.5. The van der Waals surface area contributed by atoms with Gasteiger partial charge in [-0.15, -0.1) is 0 Å². The molecular formula is C21H26ClN3O4. The average molecular weight is 420 g/mol. The first-order chi connectivity index (χ1) is 13.8. The predicted octanol–water partition coefficient (Wildman–Crippen LogP) is 2.85. The highest BCUT2D eigenvalue weighted by atomic mass is 35.5. The zero-order valence-corrected chi connectivity index (χ0v) is 17.8. The fourth-order valence-electron chi connectivity index (χ4n) is 2.75. The van der Waals surface area contributed by atoms with Gasteiger partial charge in [0.05, 0.1) is 27.3 Å². The number of carbonyl (C=O) groups is 2. The summed E-state index contributed by atoms with van der Waals surface area (Å²) >= 11 is 6.04. The van der Waals surface area contributed by atoms with Gasteiger partial charge in [-0.25, -0.2) is 0 Å². The monoisotopic (exact) mass is 419 g/mol. The summed E-state index contributed by atoms with van der Waals surface area (Å²) in [4.78, 5) is 26.1.